The third kappa shape index (κ3) is 73.6. The second-order valence-corrected chi connectivity index (χ2v) is 28.5. The Labute approximate surface area is 552 Å². The topological polar surface area (TPSA) is 95.9 Å². The fourth-order valence-corrected chi connectivity index (χ4v) is 13.3. The van der Waals surface area contributed by atoms with Crippen molar-refractivity contribution in [1.29, 1.82) is 0 Å². The molecule has 0 saturated heterocycles. The first-order valence-corrected chi connectivity index (χ1v) is 40.9. The zero-order chi connectivity index (χ0) is 63.5. The molecule has 0 bridgehead atoms. The Bertz CT molecular complexity index is 1340. The third-order valence-electron chi connectivity index (χ3n) is 19.6. The average Bonchev–Trinajstić information content (AvgIpc) is 3.58. The minimum absolute atomic E-state index is 0.0220. The van der Waals surface area contributed by atoms with Gasteiger partial charge in [0.25, 0.3) is 0 Å². The van der Waals surface area contributed by atoms with Gasteiger partial charge in [0.1, 0.15) is 0 Å². The fraction of sp³-hybridized carbons (Fsp3) is 0.951. The van der Waals surface area contributed by atoms with E-state index in [0.717, 1.165) is 38.5 Å². The molecule has 2 unspecified atom stereocenters. The van der Waals surface area contributed by atoms with E-state index in [1.54, 1.807) is 0 Å². The van der Waals surface area contributed by atoms with Crippen LogP contribution in [-0.4, -0.2) is 47.4 Å². The summed E-state index contributed by atoms with van der Waals surface area (Å²) in [6.45, 7) is 5.02. The molecule has 0 aromatic rings. The van der Waals surface area contributed by atoms with Crippen molar-refractivity contribution in [3.05, 3.63) is 12.2 Å². The predicted octanol–water partition coefficient (Wildman–Crippen LogP) is 27.1. The summed E-state index contributed by atoms with van der Waals surface area (Å²) in [7, 11) is 0. The molecule has 0 spiro atoms. The van der Waals surface area contributed by atoms with Crippen molar-refractivity contribution in [2.45, 2.75) is 488 Å². The first kappa shape index (κ1) is 86.6. The summed E-state index contributed by atoms with van der Waals surface area (Å²) >= 11 is 0. The van der Waals surface area contributed by atoms with E-state index in [1.165, 1.54) is 405 Å². The zero-order valence-electron chi connectivity index (χ0n) is 60.3. The van der Waals surface area contributed by atoms with Crippen molar-refractivity contribution < 1.29 is 24.5 Å². The second-order valence-electron chi connectivity index (χ2n) is 28.5. The van der Waals surface area contributed by atoms with Crippen LogP contribution >= 0.6 is 0 Å². The number of carbonyl (C=O) groups excluding carboxylic acids is 2. The van der Waals surface area contributed by atoms with Gasteiger partial charge in [-0.3, -0.25) is 9.59 Å². The lowest BCUT2D eigenvalue weighted by Crippen LogP contribution is -2.45. The van der Waals surface area contributed by atoms with Gasteiger partial charge in [-0.25, -0.2) is 0 Å². The fourth-order valence-electron chi connectivity index (χ4n) is 13.3. The first-order chi connectivity index (χ1) is 43.5. The van der Waals surface area contributed by atoms with Crippen molar-refractivity contribution in [1.82, 2.24) is 5.32 Å². The summed E-state index contributed by atoms with van der Waals surface area (Å²) in [6, 6.07) is -0.542. The van der Waals surface area contributed by atoms with E-state index in [-0.39, 0.29) is 18.5 Å². The number of unbranched alkanes of at least 4 members (excludes halogenated alkanes) is 65. The van der Waals surface area contributed by atoms with Crippen molar-refractivity contribution in [3.8, 4) is 0 Å². The van der Waals surface area contributed by atoms with E-state index in [0.29, 0.717) is 25.9 Å². The summed E-state index contributed by atoms with van der Waals surface area (Å²) in [5.41, 5.74) is 0. The molecule has 524 valence electrons. The number of ether oxygens (including phenoxy) is 1. The molecule has 0 radical (unpaired) electrons. The Hall–Kier alpha value is -1.40. The molecular formula is C82H161NO5. The molecule has 0 heterocycles. The Balaban J connectivity index is 3.36. The van der Waals surface area contributed by atoms with E-state index in [9.17, 15) is 19.8 Å². The maximum Gasteiger partial charge on any atom is 0.305 e. The van der Waals surface area contributed by atoms with Crippen LogP contribution in [0.1, 0.15) is 476 Å². The number of aliphatic hydroxyl groups excluding tert-OH is 2. The molecule has 0 saturated carbocycles. The molecule has 3 N–H and O–H groups in total. The minimum atomic E-state index is -0.665. The molecule has 1 amide bonds. The first-order valence-electron chi connectivity index (χ1n) is 40.9. The number of rotatable bonds is 78. The zero-order valence-corrected chi connectivity index (χ0v) is 60.3. The number of carbonyl (C=O) groups is 2. The summed E-state index contributed by atoms with van der Waals surface area (Å²) in [6.07, 6.45) is 98.8. The van der Waals surface area contributed by atoms with Crippen LogP contribution in [0.5, 0.6) is 0 Å². The summed E-state index contributed by atoms with van der Waals surface area (Å²) in [4.78, 5) is 24.7. The number of aliphatic hydroxyl groups is 2. The van der Waals surface area contributed by atoms with Gasteiger partial charge in [-0.15, -0.1) is 0 Å². The van der Waals surface area contributed by atoms with Crippen LogP contribution in [0.25, 0.3) is 0 Å². The number of amides is 1. The van der Waals surface area contributed by atoms with E-state index in [1.807, 2.05) is 0 Å². The molecule has 2 atom stereocenters. The van der Waals surface area contributed by atoms with Crippen LogP contribution in [-0.2, 0) is 14.3 Å². The van der Waals surface area contributed by atoms with E-state index in [4.69, 9.17) is 4.74 Å². The number of hydrogen-bond donors (Lipinski definition) is 3. The maximum atomic E-state index is 12.6. The lowest BCUT2D eigenvalue weighted by atomic mass is 10.0. The van der Waals surface area contributed by atoms with Crippen LogP contribution in [0.3, 0.4) is 0 Å². The molecule has 6 heteroatoms. The lowest BCUT2D eigenvalue weighted by Gasteiger charge is -2.22. The maximum absolute atomic E-state index is 12.6. The van der Waals surface area contributed by atoms with Crippen molar-refractivity contribution in [3.63, 3.8) is 0 Å². The summed E-state index contributed by atoms with van der Waals surface area (Å²) in [5.74, 6) is -0.00571. The van der Waals surface area contributed by atoms with Gasteiger partial charge in [-0.05, 0) is 51.4 Å². The van der Waals surface area contributed by atoms with Gasteiger partial charge >= 0.3 is 5.97 Å². The van der Waals surface area contributed by atoms with Gasteiger partial charge in [0.05, 0.1) is 25.4 Å². The monoisotopic (exact) mass is 1240 g/mol. The molecule has 0 fully saturated rings. The van der Waals surface area contributed by atoms with Crippen LogP contribution in [0.4, 0.5) is 0 Å². The van der Waals surface area contributed by atoms with Gasteiger partial charge in [0.15, 0.2) is 0 Å². The highest BCUT2D eigenvalue weighted by atomic mass is 16.5. The van der Waals surface area contributed by atoms with Crippen LogP contribution < -0.4 is 5.32 Å². The minimum Gasteiger partial charge on any atom is -0.466 e. The van der Waals surface area contributed by atoms with Crippen molar-refractivity contribution in [2.24, 2.45) is 0 Å². The van der Waals surface area contributed by atoms with Gasteiger partial charge < -0.3 is 20.3 Å². The molecule has 0 aromatic carbocycles. The quantitative estimate of drug-likeness (QED) is 0.0320. The average molecular weight is 1240 g/mol. The molecule has 0 aromatic heterocycles. The Morgan fingerprint density at radius 2 is 0.534 bits per heavy atom. The highest BCUT2D eigenvalue weighted by Crippen LogP contribution is 2.21. The summed E-state index contributed by atoms with van der Waals surface area (Å²) in [5, 5.41) is 23.5. The van der Waals surface area contributed by atoms with E-state index < -0.39 is 12.1 Å². The van der Waals surface area contributed by atoms with Crippen LogP contribution in [0, 0.1) is 0 Å². The molecule has 0 aliphatic heterocycles. The highest BCUT2D eigenvalue weighted by molar-refractivity contribution is 5.76. The van der Waals surface area contributed by atoms with Gasteiger partial charge in [-0.1, -0.05) is 424 Å². The van der Waals surface area contributed by atoms with E-state index in [2.05, 4.69) is 31.3 Å². The molecule has 6 nitrogen and oxygen atoms in total. The number of nitrogens with one attached hydrogen (secondary N) is 1. The molecule has 88 heavy (non-hydrogen) atoms. The Kier molecular flexibility index (Phi) is 76.8. The number of allylic oxidation sites excluding steroid dienone is 2. The standard InChI is InChI=1S/C82H161NO5/c1-3-5-7-9-11-13-15-17-19-21-22-23-24-30-33-36-39-43-46-50-54-58-62-66-70-74-80(85)79(78-84)83-81(86)75-71-67-63-59-55-51-47-44-40-37-34-31-28-26-25-27-29-32-35-38-41-45-49-53-57-61-65-69-73-77-88-82(87)76-72-68-64-60-56-52-48-42-20-18-16-14-12-10-8-6-4-2/h25,27,79-80,84-85H,3-24,26,28-78H2,1-2H3,(H,83,86)/b27-25-. The molecule has 0 aliphatic rings. The number of esters is 1. The molecule has 0 aliphatic carbocycles. The molecular weight excluding hydrogens is 1080 g/mol. The predicted molar refractivity (Wildman–Crippen MR) is 389 cm³/mol. The summed E-state index contributed by atoms with van der Waals surface area (Å²) < 4.78 is 5.51. The van der Waals surface area contributed by atoms with E-state index >= 15 is 0 Å². The van der Waals surface area contributed by atoms with Gasteiger partial charge in [0.2, 0.25) is 5.91 Å². The van der Waals surface area contributed by atoms with Crippen LogP contribution in [0.2, 0.25) is 0 Å². The van der Waals surface area contributed by atoms with Crippen molar-refractivity contribution >= 4 is 11.9 Å². The molecule has 0 rings (SSSR count). The Morgan fingerprint density at radius 1 is 0.307 bits per heavy atom. The van der Waals surface area contributed by atoms with Crippen molar-refractivity contribution in [2.75, 3.05) is 13.2 Å². The Morgan fingerprint density at radius 3 is 0.807 bits per heavy atom. The van der Waals surface area contributed by atoms with Gasteiger partial charge in [-0.2, -0.15) is 0 Å². The largest absolute Gasteiger partial charge is 0.466 e. The second kappa shape index (κ2) is 78.0. The SMILES string of the molecule is CCCCCCCCCCCCCCCCCCCCCCCCCCCC(O)C(CO)NC(=O)CCCCCCCCCCCCCCC/C=C\CCCCCCCCCCCCCCOC(=O)CCCCCCCCCCCCCCCCCCC. The van der Waals surface area contributed by atoms with Gasteiger partial charge in [0, 0.05) is 12.8 Å². The third-order valence-corrected chi connectivity index (χ3v) is 19.6. The lowest BCUT2D eigenvalue weighted by molar-refractivity contribution is -0.143. The smallest absolute Gasteiger partial charge is 0.305 e. The highest BCUT2D eigenvalue weighted by Gasteiger charge is 2.20. The normalized spacial score (nSPS) is 12.5. The van der Waals surface area contributed by atoms with Crippen LogP contribution in [0.15, 0.2) is 12.2 Å². The number of hydrogen-bond acceptors (Lipinski definition) is 5.